The molecule has 1 saturated carbocycles. The molecule has 2 fully saturated rings. The van der Waals surface area contributed by atoms with Crippen LogP contribution in [-0.2, 0) is 4.79 Å². The number of carbonyl (C=O) groups is 2. The van der Waals surface area contributed by atoms with Crippen LogP contribution >= 0.6 is 0 Å². The maximum Gasteiger partial charge on any atom is 0.275 e. The maximum atomic E-state index is 12.9. The van der Waals surface area contributed by atoms with Crippen molar-refractivity contribution < 1.29 is 9.59 Å². The third-order valence-electron chi connectivity index (χ3n) is 5.33. The van der Waals surface area contributed by atoms with Gasteiger partial charge >= 0.3 is 0 Å². The molecule has 0 unspecified atom stereocenters. The molecule has 2 aliphatic rings. The molecule has 126 valence electrons. The molecule has 1 aromatic rings. The molecule has 3 rings (SSSR count). The van der Waals surface area contributed by atoms with E-state index < -0.39 is 0 Å². The van der Waals surface area contributed by atoms with Gasteiger partial charge < -0.3 is 10.2 Å². The summed E-state index contributed by atoms with van der Waals surface area (Å²) in [5.41, 5.74) is 2.22. The number of hydrogen-bond acceptors (Lipinski definition) is 3. The Hall–Kier alpha value is -1.85. The van der Waals surface area contributed by atoms with Crippen molar-refractivity contribution in [3.63, 3.8) is 0 Å². The minimum atomic E-state index is -0.351. The molecule has 1 saturated heterocycles. The van der Waals surface area contributed by atoms with Gasteiger partial charge in [0.05, 0.1) is 0 Å². The fourth-order valence-corrected chi connectivity index (χ4v) is 3.76. The second-order valence-corrected chi connectivity index (χ2v) is 6.87. The number of aromatic amines is 1. The molecule has 1 atom stereocenters. The average Bonchev–Trinajstić information content (AvgIpc) is 2.89. The molecular formula is C17H26N4O2. The van der Waals surface area contributed by atoms with E-state index in [1.165, 1.54) is 32.1 Å². The monoisotopic (exact) mass is 318 g/mol. The second kappa shape index (κ2) is 6.72. The molecule has 2 heterocycles. The summed E-state index contributed by atoms with van der Waals surface area (Å²) in [6.45, 7) is 4.88. The largest absolute Gasteiger partial charge is 0.353 e. The van der Waals surface area contributed by atoms with Gasteiger partial charge in [0.15, 0.2) is 5.69 Å². The zero-order valence-electron chi connectivity index (χ0n) is 14.0. The smallest absolute Gasteiger partial charge is 0.275 e. The van der Waals surface area contributed by atoms with Gasteiger partial charge in [0.25, 0.3) is 5.91 Å². The molecule has 6 heteroatoms. The Morgan fingerprint density at radius 1 is 1.26 bits per heavy atom. The zero-order chi connectivity index (χ0) is 16.4. The van der Waals surface area contributed by atoms with E-state index in [2.05, 4.69) is 15.5 Å². The van der Waals surface area contributed by atoms with Gasteiger partial charge in [-0.2, -0.15) is 5.10 Å². The van der Waals surface area contributed by atoms with Gasteiger partial charge in [0, 0.05) is 24.3 Å². The van der Waals surface area contributed by atoms with Crippen LogP contribution in [0, 0.1) is 19.8 Å². The van der Waals surface area contributed by atoms with Crippen LogP contribution < -0.4 is 5.32 Å². The first kappa shape index (κ1) is 16.0. The molecule has 1 aliphatic carbocycles. The summed E-state index contributed by atoms with van der Waals surface area (Å²) in [5.74, 6) is 0.414. The van der Waals surface area contributed by atoms with Crippen LogP contribution in [0.4, 0.5) is 0 Å². The van der Waals surface area contributed by atoms with Crippen molar-refractivity contribution in [3.8, 4) is 0 Å². The number of piperazine rings is 1. The highest BCUT2D eigenvalue weighted by molar-refractivity contribution is 5.98. The highest BCUT2D eigenvalue weighted by atomic mass is 16.2. The van der Waals surface area contributed by atoms with Gasteiger partial charge in [-0.05, 0) is 26.2 Å². The Morgan fingerprint density at radius 3 is 2.65 bits per heavy atom. The maximum absolute atomic E-state index is 12.9. The molecule has 23 heavy (non-hydrogen) atoms. The van der Waals surface area contributed by atoms with E-state index in [9.17, 15) is 9.59 Å². The predicted molar refractivity (Wildman–Crippen MR) is 87.1 cm³/mol. The third-order valence-corrected chi connectivity index (χ3v) is 5.33. The Balaban J connectivity index is 1.78. The molecular weight excluding hydrogens is 292 g/mol. The SMILES string of the molecule is Cc1[nH]nc(C(=O)N2CCNC(=O)[C@@H]2CC2CCCCC2)c1C. The van der Waals surface area contributed by atoms with Gasteiger partial charge in [-0.1, -0.05) is 32.1 Å². The van der Waals surface area contributed by atoms with Crippen molar-refractivity contribution in [2.75, 3.05) is 13.1 Å². The second-order valence-electron chi connectivity index (χ2n) is 6.87. The minimum absolute atomic E-state index is 0.0138. The van der Waals surface area contributed by atoms with E-state index in [0.29, 0.717) is 24.7 Å². The van der Waals surface area contributed by atoms with Crippen LogP contribution in [0.1, 0.15) is 60.3 Å². The lowest BCUT2D eigenvalue weighted by atomic mass is 9.84. The zero-order valence-corrected chi connectivity index (χ0v) is 14.0. The van der Waals surface area contributed by atoms with Gasteiger partial charge in [-0.25, -0.2) is 0 Å². The quantitative estimate of drug-likeness (QED) is 0.894. The molecule has 2 N–H and O–H groups in total. The minimum Gasteiger partial charge on any atom is -0.353 e. The third kappa shape index (κ3) is 3.26. The normalized spacial score (nSPS) is 23.0. The lowest BCUT2D eigenvalue weighted by molar-refractivity contribution is -0.128. The Morgan fingerprint density at radius 2 is 2.00 bits per heavy atom. The number of nitrogens with one attached hydrogen (secondary N) is 2. The number of aryl methyl sites for hydroxylation is 1. The van der Waals surface area contributed by atoms with Gasteiger partial charge in [0.1, 0.15) is 6.04 Å². The molecule has 2 amide bonds. The topological polar surface area (TPSA) is 78.1 Å². The number of nitrogens with zero attached hydrogens (tertiary/aromatic N) is 2. The lowest BCUT2D eigenvalue weighted by Gasteiger charge is -2.37. The average molecular weight is 318 g/mol. The van der Waals surface area contributed by atoms with Crippen molar-refractivity contribution in [1.29, 1.82) is 0 Å². The summed E-state index contributed by atoms with van der Waals surface area (Å²) in [4.78, 5) is 27.0. The van der Waals surface area contributed by atoms with Gasteiger partial charge in [-0.3, -0.25) is 14.7 Å². The number of carbonyl (C=O) groups excluding carboxylic acids is 2. The number of amides is 2. The van der Waals surface area contributed by atoms with E-state index >= 15 is 0 Å². The molecule has 1 aromatic heterocycles. The fraction of sp³-hybridized carbons (Fsp3) is 0.706. The summed E-state index contributed by atoms with van der Waals surface area (Å²) in [5, 5.41) is 9.93. The number of rotatable bonds is 3. The first-order chi connectivity index (χ1) is 11.1. The van der Waals surface area contributed by atoms with Crippen molar-refractivity contribution in [1.82, 2.24) is 20.4 Å². The summed E-state index contributed by atoms with van der Waals surface area (Å²) in [6, 6.07) is -0.351. The number of H-pyrrole nitrogens is 1. The lowest BCUT2D eigenvalue weighted by Crippen LogP contribution is -2.57. The Bertz CT molecular complexity index is 589. The Labute approximate surface area is 137 Å². The van der Waals surface area contributed by atoms with Crippen LogP contribution in [-0.4, -0.2) is 46.0 Å². The van der Waals surface area contributed by atoms with E-state index in [1.807, 2.05) is 13.8 Å². The molecule has 0 bridgehead atoms. The Kier molecular flexibility index (Phi) is 4.68. The van der Waals surface area contributed by atoms with Gasteiger partial charge in [-0.15, -0.1) is 0 Å². The van der Waals surface area contributed by atoms with E-state index in [4.69, 9.17) is 0 Å². The summed E-state index contributed by atoms with van der Waals surface area (Å²) < 4.78 is 0. The van der Waals surface area contributed by atoms with E-state index in [1.54, 1.807) is 4.90 Å². The molecule has 1 aliphatic heterocycles. The van der Waals surface area contributed by atoms with Crippen LogP contribution in [0.3, 0.4) is 0 Å². The summed E-state index contributed by atoms with van der Waals surface area (Å²) >= 11 is 0. The highest BCUT2D eigenvalue weighted by Gasteiger charge is 2.36. The van der Waals surface area contributed by atoms with Crippen molar-refractivity contribution >= 4 is 11.8 Å². The number of hydrogen-bond donors (Lipinski definition) is 2. The van der Waals surface area contributed by atoms with Crippen molar-refractivity contribution in [2.45, 2.75) is 58.4 Å². The summed E-state index contributed by atoms with van der Waals surface area (Å²) in [7, 11) is 0. The summed E-state index contributed by atoms with van der Waals surface area (Å²) in [6.07, 6.45) is 6.90. The van der Waals surface area contributed by atoms with Crippen LogP contribution in [0.15, 0.2) is 0 Å². The van der Waals surface area contributed by atoms with Crippen molar-refractivity contribution in [3.05, 3.63) is 17.0 Å². The first-order valence-corrected chi connectivity index (χ1v) is 8.68. The van der Waals surface area contributed by atoms with Gasteiger partial charge in [0.2, 0.25) is 5.91 Å². The molecule has 0 spiro atoms. The van der Waals surface area contributed by atoms with E-state index in [-0.39, 0.29) is 17.9 Å². The van der Waals surface area contributed by atoms with Crippen LogP contribution in [0.5, 0.6) is 0 Å². The van der Waals surface area contributed by atoms with Crippen LogP contribution in [0.2, 0.25) is 0 Å². The van der Waals surface area contributed by atoms with E-state index in [0.717, 1.165) is 17.7 Å². The molecule has 6 nitrogen and oxygen atoms in total. The van der Waals surface area contributed by atoms with Crippen LogP contribution in [0.25, 0.3) is 0 Å². The molecule has 0 aromatic carbocycles. The first-order valence-electron chi connectivity index (χ1n) is 8.68. The van der Waals surface area contributed by atoms with Crippen molar-refractivity contribution in [2.24, 2.45) is 5.92 Å². The standard InChI is InChI=1S/C17H26N4O2/c1-11-12(2)19-20-15(11)17(23)21-9-8-18-16(22)14(21)10-13-6-4-3-5-7-13/h13-14H,3-10H2,1-2H3,(H,18,22)(H,19,20)/t14-/m0/s1. The predicted octanol–water partition coefficient (Wildman–Crippen LogP) is 1.94. The fourth-order valence-electron chi connectivity index (χ4n) is 3.76. The molecule has 0 radical (unpaired) electrons. The highest BCUT2D eigenvalue weighted by Crippen LogP contribution is 2.29. The number of aromatic nitrogens is 2.